The summed E-state index contributed by atoms with van der Waals surface area (Å²) < 4.78 is 1.89. The van der Waals surface area contributed by atoms with Crippen LogP contribution in [0.5, 0.6) is 0 Å². The van der Waals surface area contributed by atoms with Gasteiger partial charge in [0.15, 0.2) is 0 Å². The molecule has 0 bridgehead atoms. The molecule has 0 spiro atoms. The van der Waals surface area contributed by atoms with Crippen LogP contribution in [0.15, 0.2) is 42.7 Å². The molecule has 4 heteroatoms. The summed E-state index contributed by atoms with van der Waals surface area (Å²) in [6.45, 7) is 4.28. The maximum atomic E-state index is 5.65. The van der Waals surface area contributed by atoms with Crippen LogP contribution in [0.1, 0.15) is 24.8 Å². The van der Waals surface area contributed by atoms with Crippen molar-refractivity contribution in [2.45, 2.75) is 25.8 Å². The Bertz CT molecular complexity index is 524. The van der Waals surface area contributed by atoms with Gasteiger partial charge in [0.1, 0.15) is 0 Å². The zero-order valence-corrected chi connectivity index (χ0v) is 12.5. The van der Waals surface area contributed by atoms with Crippen molar-refractivity contribution in [2.24, 2.45) is 11.7 Å². The fraction of sp³-hybridized carbons (Fsp3) is 0.471. The van der Waals surface area contributed by atoms with Crippen molar-refractivity contribution in [3.63, 3.8) is 0 Å². The third kappa shape index (κ3) is 3.71. The van der Waals surface area contributed by atoms with Gasteiger partial charge in [0.05, 0.1) is 5.69 Å². The molecule has 0 unspecified atom stereocenters. The third-order valence-electron chi connectivity index (χ3n) is 4.39. The fourth-order valence-electron chi connectivity index (χ4n) is 3.10. The van der Waals surface area contributed by atoms with Gasteiger partial charge in [0, 0.05) is 18.9 Å². The first-order valence-corrected chi connectivity index (χ1v) is 7.86. The van der Waals surface area contributed by atoms with Gasteiger partial charge in [-0.15, -0.1) is 0 Å². The second-order valence-corrected chi connectivity index (χ2v) is 5.91. The standard InChI is InChI=1S/C17H24N4/c18-9-6-15-7-12-20(13-8-15)14-16-2-4-17(5-3-16)21-11-1-10-19-21/h1-5,10-11,15H,6-9,12-14,18H2. The highest BCUT2D eigenvalue weighted by Gasteiger charge is 2.18. The lowest BCUT2D eigenvalue weighted by molar-refractivity contribution is 0.173. The molecule has 2 heterocycles. The molecular weight excluding hydrogens is 260 g/mol. The molecule has 112 valence electrons. The molecule has 4 nitrogen and oxygen atoms in total. The monoisotopic (exact) mass is 284 g/mol. The normalized spacial score (nSPS) is 17.2. The van der Waals surface area contributed by atoms with E-state index >= 15 is 0 Å². The number of nitrogens with zero attached hydrogens (tertiary/aromatic N) is 3. The van der Waals surface area contributed by atoms with Gasteiger partial charge >= 0.3 is 0 Å². The Morgan fingerprint density at radius 3 is 2.52 bits per heavy atom. The molecule has 1 aromatic heterocycles. The van der Waals surface area contributed by atoms with Crippen LogP contribution in [0.25, 0.3) is 5.69 Å². The van der Waals surface area contributed by atoms with Crippen LogP contribution < -0.4 is 5.73 Å². The average Bonchev–Trinajstić information content (AvgIpc) is 3.05. The Labute approximate surface area is 126 Å². The van der Waals surface area contributed by atoms with E-state index in [4.69, 9.17) is 5.73 Å². The summed E-state index contributed by atoms with van der Waals surface area (Å²) in [7, 11) is 0. The van der Waals surface area contributed by atoms with E-state index in [-0.39, 0.29) is 0 Å². The molecular formula is C17H24N4. The second kappa shape index (κ2) is 6.87. The zero-order valence-electron chi connectivity index (χ0n) is 12.5. The third-order valence-corrected chi connectivity index (χ3v) is 4.39. The molecule has 2 aromatic rings. The number of rotatable bonds is 5. The largest absolute Gasteiger partial charge is 0.330 e. The second-order valence-electron chi connectivity index (χ2n) is 5.91. The Kier molecular flexibility index (Phi) is 4.68. The summed E-state index contributed by atoms with van der Waals surface area (Å²) in [5.41, 5.74) is 8.15. The van der Waals surface area contributed by atoms with E-state index < -0.39 is 0 Å². The summed E-state index contributed by atoms with van der Waals surface area (Å²) >= 11 is 0. The predicted octanol–water partition coefficient (Wildman–Crippen LogP) is 2.43. The van der Waals surface area contributed by atoms with E-state index in [9.17, 15) is 0 Å². The minimum Gasteiger partial charge on any atom is -0.330 e. The van der Waals surface area contributed by atoms with E-state index in [1.165, 1.54) is 37.9 Å². The van der Waals surface area contributed by atoms with E-state index in [1.807, 2.05) is 16.9 Å². The average molecular weight is 284 g/mol. The molecule has 0 amide bonds. The first kappa shape index (κ1) is 14.3. The van der Waals surface area contributed by atoms with Crippen molar-refractivity contribution >= 4 is 0 Å². The van der Waals surface area contributed by atoms with Gasteiger partial charge < -0.3 is 5.73 Å². The minimum absolute atomic E-state index is 0.833. The molecule has 21 heavy (non-hydrogen) atoms. The predicted molar refractivity (Wildman–Crippen MR) is 85.2 cm³/mol. The smallest absolute Gasteiger partial charge is 0.0645 e. The Morgan fingerprint density at radius 1 is 1.14 bits per heavy atom. The minimum atomic E-state index is 0.833. The molecule has 0 atom stereocenters. The first-order chi connectivity index (χ1) is 10.3. The lowest BCUT2D eigenvalue weighted by Crippen LogP contribution is -2.33. The van der Waals surface area contributed by atoms with Gasteiger partial charge in [0.2, 0.25) is 0 Å². The van der Waals surface area contributed by atoms with E-state index in [0.717, 1.165) is 24.7 Å². The topological polar surface area (TPSA) is 47.1 Å². The number of nitrogens with two attached hydrogens (primary N) is 1. The van der Waals surface area contributed by atoms with Gasteiger partial charge in [-0.25, -0.2) is 4.68 Å². The number of likely N-dealkylation sites (tertiary alicyclic amines) is 1. The lowest BCUT2D eigenvalue weighted by Gasteiger charge is -2.31. The van der Waals surface area contributed by atoms with Gasteiger partial charge in [-0.1, -0.05) is 12.1 Å². The van der Waals surface area contributed by atoms with Crippen LogP contribution in [0.2, 0.25) is 0 Å². The highest BCUT2D eigenvalue weighted by atomic mass is 15.3. The Balaban J connectivity index is 1.54. The molecule has 3 rings (SSSR count). The highest BCUT2D eigenvalue weighted by Crippen LogP contribution is 2.21. The van der Waals surface area contributed by atoms with E-state index in [1.54, 1.807) is 6.20 Å². The molecule has 1 aliphatic heterocycles. The lowest BCUT2D eigenvalue weighted by atomic mass is 9.93. The quantitative estimate of drug-likeness (QED) is 0.917. The van der Waals surface area contributed by atoms with Crippen LogP contribution in [-0.2, 0) is 6.54 Å². The summed E-state index contributed by atoms with van der Waals surface area (Å²) in [5.74, 6) is 0.841. The van der Waals surface area contributed by atoms with Crippen LogP contribution in [-0.4, -0.2) is 34.3 Å². The summed E-state index contributed by atoms with van der Waals surface area (Å²) in [5, 5.41) is 4.25. The molecule has 0 saturated carbocycles. The molecule has 1 aliphatic rings. The van der Waals surface area contributed by atoms with Crippen molar-refractivity contribution in [2.75, 3.05) is 19.6 Å². The maximum absolute atomic E-state index is 5.65. The number of hydrogen-bond donors (Lipinski definition) is 1. The number of benzene rings is 1. The Morgan fingerprint density at radius 2 is 1.90 bits per heavy atom. The molecule has 1 aromatic carbocycles. The molecule has 1 fully saturated rings. The van der Waals surface area contributed by atoms with Gasteiger partial charge in [-0.3, -0.25) is 4.90 Å². The van der Waals surface area contributed by atoms with Crippen molar-refractivity contribution in [1.29, 1.82) is 0 Å². The van der Waals surface area contributed by atoms with Gasteiger partial charge in [-0.05, 0) is 68.6 Å². The van der Waals surface area contributed by atoms with Crippen molar-refractivity contribution < 1.29 is 0 Å². The summed E-state index contributed by atoms with van der Waals surface area (Å²) in [6.07, 6.45) is 7.55. The highest BCUT2D eigenvalue weighted by molar-refractivity contribution is 5.33. The van der Waals surface area contributed by atoms with Crippen molar-refractivity contribution in [3.8, 4) is 5.69 Å². The number of piperidine rings is 1. The fourth-order valence-corrected chi connectivity index (χ4v) is 3.10. The number of aromatic nitrogens is 2. The first-order valence-electron chi connectivity index (χ1n) is 7.86. The van der Waals surface area contributed by atoms with E-state index in [2.05, 4.69) is 34.3 Å². The molecule has 0 aliphatic carbocycles. The number of hydrogen-bond acceptors (Lipinski definition) is 3. The van der Waals surface area contributed by atoms with Crippen LogP contribution >= 0.6 is 0 Å². The van der Waals surface area contributed by atoms with E-state index in [0.29, 0.717) is 0 Å². The van der Waals surface area contributed by atoms with Crippen LogP contribution in [0.3, 0.4) is 0 Å². The van der Waals surface area contributed by atoms with Crippen molar-refractivity contribution in [1.82, 2.24) is 14.7 Å². The van der Waals surface area contributed by atoms with Gasteiger partial charge in [-0.2, -0.15) is 5.10 Å². The molecule has 1 saturated heterocycles. The summed E-state index contributed by atoms with van der Waals surface area (Å²) in [6, 6.07) is 10.7. The van der Waals surface area contributed by atoms with Crippen LogP contribution in [0.4, 0.5) is 0 Å². The SMILES string of the molecule is NCCC1CCN(Cc2ccc(-n3cccn3)cc2)CC1. The molecule has 2 N–H and O–H groups in total. The maximum Gasteiger partial charge on any atom is 0.0645 e. The summed E-state index contributed by atoms with van der Waals surface area (Å²) in [4.78, 5) is 2.55. The Hall–Kier alpha value is -1.65. The van der Waals surface area contributed by atoms with Gasteiger partial charge in [0.25, 0.3) is 0 Å². The molecule has 0 radical (unpaired) electrons. The zero-order chi connectivity index (χ0) is 14.5. The van der Waals surface area contributed by atoms with Crippen molar-refractivity contribution in [3.05, 3.63) is 48.3 Å². The van der Waals surface area contributed by atoms with Crippen LogP contribution in [0, 0.1) is 5.92 Å².